The number of hydrogen-bond acceptors (Lipinski definition) is 9. The lowest BCUT2D eigenvalue weighted by Crippen LogP contribution is -2.15. The van der Waals surface area contributed by atoms with Gasteiger partial charge in [0.25, 0.3) is 0 Å². The van der Waals surface area contributed by atoms with E-state index >= 15 is 0 Å². The topological polar surface area (TPSA) is 157 Å². The Kier molecular flexibility index (Phi) is 4.81. The lowest BCUT2D eigenvalue weighted by molar-refractivity contribution is 0.826. The molecule has 5 N–H and O–H groups in total. The van der Waals surface area contributed by atoms with E-state index < -0.39 is 0 Å². The summed E-state index contributed by atoms with van der Waals surface area (Å²) in [6, 6.07) is 5.38. The number of aromatic nitrogens is 6. The van der Waals surface area contributed by atoms with E-state index in [1.807, 2.05) is 38.2 Å². The first kappa shape index (κ1) is 19.4. The molecule has 4 heterocycles. The number of nitrogens with one attached hydrogen (secondary N) is 1. The molecule has 0 saturated carbocycles. The second-order valence-corrected chi connectivity index (χ2v) is 6.99. The lowest BCUT2D eigenvalue weighted by atomic mass is 10.0. The average molecular weight is 421 g/mol. The van der Waals surface area contributed by atoms with Crippen molar-refractivity contribution in [1.82, 2.24) is 29.5 Å². The van der Waals surface area contributed by atoms with Crippen LogP contribution in [0.25, 0.3) is 16.9 Å². The molecule has 150 valence electrons. The van der Waals surface area contributed by atoms with E-state index in [0.29, 0.717) is 22.1 Å². The van der Waals surface area contributed by atoms with Gasteiger partial charge in [0.15, 0.2) is 11.5 Å². The van der Waals surface area contributed by atoms with Crippen molar-refractivity contribution in [2.75, 3.05) is 16.8 Å². The minimum absolute atomic E-state index is 0.0112. The molecule has 11 heteroatoms. The number of aryl methyl sites for hydroxylation is 1. The molecule has 0 unspecified atom stereocenters. The van der Waals surface area contributed by atoms with Gasteiger partial charge >= 0.3 is 0 Å². The van der Waals surface area contributed by atoms with E-state index in [9.17, 15) is 5.26 Å². The Morgan fingerprint density at radius 3 is 2.63 bits per heavy atom. The maximum Gasteiger partial charge on any atom is 0.224 e. The number of nitriles is 1. The summed E-state index contributed by atoms with van der Waals surface area (Å²) >= 11 is 6.38. The Morgan fingerprint density at radius 2 is 1.93 bits per heavy atom. The third-order valence-corrected chi connectivity index (χ3v) is 5.02. The lowest BCUT2D eigenvalue weighted by Gasteiger charge is -2.19. The zero-order valence-corrected chi connectivity index (χ0v) is 16.9. The van der Waals surface area contributed by atoms with Crippen LogP contribution >= 0.6 is 11.6 Å². The number of nitrogens with two attached hydrogens (primary N) is 2. The molecule has 0 saturated heterocycles. The van der Waals surface area contributed by atoms with Crippen LogP contribution in [0.5, 0.6) is 0 Å². The van der Waals surface area contributed by atoms with Gasteiger partial charge in [-0.25, -0.2) is 9.50 Å². The largest absolute Gasteiger partial charge is 0.382 e. The fraction of sp³-hybridized carbons (Fsp3) is 0.158. The highest BCUT2D eigenvalue weighted by molar-refractivity contribution is 6.34. The molecular weight excluding hydrogens is 404 g/mol. The highest BCUT2D eigenvalue weighted by Crippen LogP contribution is 2.32. The van der Waals surface area contributed by atoms with Crippen molar-refractivity contribution in [3.8, 4) is 17.3 Å². The maximum atomic E-state index is 9.44. The number of rotatable bonds is 4. The SMILES string of the molecule is Cc1nn2cc([C@H](C)Nc3nc(N)nc(N)c3C#N)c(-c3ccncc3)nc2c1Cl. The first-order valence-corrected chi connectivity index (χ1v) is 9.32. The van der Waals surface area contributed by atoms with Crippen LogP contribution in [-0.4, -0.2) is 29.5 Å². The second-order valence-electron chi connectivity index (χ2n) is 6.62. The van der Waals surface area contributed by atoms with Crippen LogP contribution in [0.3, 0.4) is 0 Å². The van der Waals surface area contributed by atoms with Crippen LogP contribution in [-0.2, 0) is 0 Å². The van der Waals surface area contributed by atoms with E-state index in [0.717, 1.165) is 11.1 Å². The Labute approximate surface area is 176 Å². The Morgan fingerprint density at radius 1 is 1.20 bits per heavy atom. The van der Waals surface area contributed by atoms with Crippen LogP contribution in [0.2, 0.25) is 5.02 Å². The molecule has 1 atom stereocenters. The Hall–Kier alpha value is -3.97. The van der Waals surface area contributed by atoms with Gasteiger partial charge in [-0.05, 0) is 26.0 Å². The average Bonchev–Trinajstić information content (AvgIpc) is 3.00. The Balaban J connectivity index is 1.87. The van der Waals surface area contributed by atoms with Crippen molar-refractivity contribution in [3.63, 3.8) is 0 Å². The number of anilines is 3. The number of nitrogen functional groups attached to an aromatic ring is 2. The number of halogens is 1. The third-order valence-electron chi connectivity index (χ3n) is 4.58. The smallest absolute Gasteiger partial charge is 0.224 e. The highest BCUT2D eigenvalue weighted by Gasteiger charge is 2.21. The van der Waals surface area contributed by atoms with Gasteiger partial charge in [0.05, 0.1) is 17.4 Å². The highest BCUT2D eigenvalue weighted by atomic mass is 35.5. The fourth-order valence-corrected chi connectivity index (χ4v) is 3.29. The maximum absolute atomic E-state index is 9.44. The standard InChI is InChI=1S/C19H17ClN10/c1-9(25-17-12(7-21)16(22)27-19(23)28-17)13-8-30-18(14(20)10(2)29-30)26-15(13)11-3-5-24-6-4-11/h3-6,8-9H,1-2H3,(H5,22,23,25,27,28)/t9-/m0/s1. The van der Waals surface area contributed by atoms with Crippen molar-refractivity contribution in [3.05, 3.63) is 52.6 Å². The zero-order chi connectivity index (χ0) is 21.4. The van der Waals surface area contributed by atoms with Gasteiger partial charge in [-0.3, -0.25) is 4.98 Å². The quantitative estimate of drug-likeness (QED) is 0.451. The first-order chi connectivity index (χ1) is 14.4. The molecule has 0 bridgehead atoms. The summed E-state index contributed by atoms with van der Waals surface area (Å²) in [4.78, 5) is 16.8. The summed E-state index contributed by atoms with van der Waals surface area (Å²) in [6.07, 6.45) is 5.21. The Bertz CT molecular complexity index is 1290. The molecule has 4 aromatic rings. The summed E-state index contributed by atoms with van der Waals surface area (Å²) < 4.78 is 1.63. The van der Waals surface area contributed by atoms with Crippen molar-refractivity contribution in [2.45, 2.75) is 19.9 Å². The van der Waals surface area contributed by atoms with Gasteiger partial charge in [0.1, 0.15) is 22.5 Å². The summed E-state index contributed by atoms with van der Waals surface area (Å²) in [5, 5.41) is 17.5. The second kappa shape index (κ2) is 7.46. The summed E-state index contributed by atoms with van der Waals surface area (Å²) in [7, 11) is 0. The van der Waals surface area contributed by atoms with Crippen molar-refractivity contribution in [2.24, 2.45) is 0 Å². The normalized spacial score (nSPS) is 11.9. The molecule has 0 aliphatic heterocycles. The van der Waals surface area contributed by atoms with Gasteiger partial charge < -0.3 is 16.8 Å². The van der Waals surface area contributed by atoms with Gasteiger partial charge in [0, 0.05) is 29.7 Å². The van der Waals surface area contributed by atoms with Crippen molar-refractivity contribution < 1.29 is 0 Å². The van der Waals surface area contributed by atoms with E-state index in [1.165, 1.54) is 0 Å². The number of pyridine rings is 1. The molecule has 30 heavy (non-hydrogen) atoms. The van der Waals surface area contributed by atoms with Crippen LogP contribution in [0.4, 0.5) is 17.6 Å². The summed E-state index contributed by atoms with van der Waals surface area (Å²) in [5.41, 5.74) is 15.2. The van der Waals surface area contributed by atoms with Crippen LogP contribution in [0.1, 0.15) is 29.8 Å². The fourth-order valence-electron chi connectivity index (χ4n) is 3.12. The number of fused-ring (bicyclic) bond motifs is 1. The zero-order valence-electron chi connectivity index (χ0n) is 16.1. The molecule has 0 aromatic carbocycles. The third kappa shape index (κ3) is 3.31. The van der Waals surface area contributed by atoms with Gasteiger partial charge in [-0.15, -0.1) is 0 Å². The van der Waals surface area contributed by atoms with Crippen LogP contribution in [0, 0.1) is 18.3 Å². The molecule has 10 nitrogen and oxygen atoms in total. The summed E-state index contributed by atoms with van der Waals surface area (Å²) in [5.74, 6) is 0.223. The van der Waals surface area contributed by atoms with E-state index in [2.05, 4.69) is 25.4 Å². The predicted molar refractivity (Wildman–Crippen MR) is 114 cm³/mol. The molecule has 0 aliphatic carbocycles. The molecule has 4 rings (SSSR count). The van der Waals surface area contributed by atoms with E-state index in [4.69, 9.17) is 28.1 Å². The number of hydrogen-bond donors (Lipinski definition) is 3. The minimum atomic E-state index is -0.339. The van der Waals surface area contributed by atoms with Crippen molar-refractivity contribution >= 4 is 34.8 Å². The first-order valence-electron chi connectivity index (χ1n) is 8.94. The van der Waals surface area contributed by atoms with Gasteiger partial charge in [-0.1, -0.05) is 11.6 Å². The van der Waals surface area contributed by atoms with Crippen LogP contribution in [0.15, 0.2) is 30.7 Å². The van der Waals surface area contributed by atoms with Gasteiger partial charge in [-0.2, -0.15) is 20.3 Å². The number of nitrogens with zero attached hydrogens (tertiary/aromatic N) is 7. The van der Waals surface area contributed by atoms with Crippen molar-refractivity contribution in [1.29, 1.82) is 5.26 Å². The molecule has 0 radical (unpaired) electrons. The van der Waals surface area contributed by atoms with Crippen LogP contribution < -0.4 is 16.8 Å². The molecule has 0 fully saturated rings. The monoisotopic (exact) mass is 420 g/mol. The van der Waals surface area contributed by atoms with E-state index in [-0.39, 0.29) is 29.2 Å². The molecule has 0 spiro atoms. The summed E-state index contributed by atoms with van der Waals surface area (Å²) in [6.45, 7) is 3.72. The molecule has 0 aliphatic rings. The molecule has 0 amide bonds. The predicted octanol–water partition coefficient (Wildman–Crippen LogP) is 2.75. The van der Waals surface area contributed by atoms with Gasteiger partial charge in [0.2, 0.25) is 5.95 Å². The molecule has 4 aromatic heterocycles. The molecular formula is C19H17ClN10. The minimum Gasteiger partial charge on any atom is -0.382 e. The van der Waals surface area contributed by atoms with E-state index in [1.54, 1.807) is 16.9 Å².